The van der Waals surface area contributed by atoms with Crippen LogP contribution < -0.4 is 16.0 Å². The summed E-state index contributed by atoms with van der Waals surface area (Å²) < 4.78 is 5.48. The number of aromatic nitrogens is 1. The fourth-order valence-corrected chi connectivity index (χ4v) is 3.24. The van der Waals surface area contributed by atoms with Crippen molar-refractivity contribution in [3.63, 3.8) is 0 Å². The Morgan fingerprint density at radius 3 is 2.64 bits per heavy atom. The number of ether oxygens (including phenoxy) is 1. The highest BCUT2D eigenvalue weighted by Crippen LogP contribution is 2.12. The van der Waals surface area contributed by atoms with Gasteiger partial charge in [-0.1, -0.05) is 13.8 Å². The van der Waals surface area contributed by atoms with Crippen molar-refractivity contribution < 1.29 is 9.53 Å². The minimum atomic E-state index is -0.123. The Morgan fingerprint density at radius 2 is 2.00 bits per heavy atom. The van der Waals surface area contributed by atoms with Gasteiger partial charge in [0, 0.05) is 58.2 Å². The molecule has 2 heterocycles. The van der Waals surface area contributed by atoms with Crippen molar-refractivity contribution in [3.05, 3.63) is 30.1 Å². The van der Waals surface area contributed by atoms with Gasteiger partial charge < -0.3 is 20.7 Å². The van der Waals surface area contributed by atoms with Crippen molar-refractivity contribution in [2.24, 2.45) is 10.9 Å². The number of nitrogens with one attached hydrogen (secondary N) is 3. The number of guanidine groups is 1. The molecule has 8 nitrogen and oxygen atoms in total. The third-order valence-electron chi connectivity index (χ3n) is 4.66. The molecule has 1 aliphatic heterocycles. The lowest BCUT2D eigenvalue weighted by atomic mass is 10.0. The summed E-state index contributed by atoms with van der Waals surface area (Å²) in [5.41, 5.74) is 0.562. The fraction of sp³-hybridized carbons (Fsp3) is 0.650. The number of hydrogen-bond acceptors (Lipinski definition) is 5. The van der Waals surface area contributed by atoms with Gasteiger partial charge in [-0.25, -0.2) is 0 Å². The molecule has 1 atom stereocenters. The van der Waals surface area contributed by atoms with E-state index in [1.54, 1.807) is 31.6 Å². The van der Waals surface area contributed by atoms with Crippen LogP contribution in [-0.4, -0.2) is 80.8 Å². The van der Waals surface area contributed by atoms with E-state index in [1.807, 2.05) is 0 Å². The van der Waals surface area contributed by atoms with Crippen LogP contribution in [0.1, 0.15) is 30.6 Å². The van der Waals surface area contributed by atoms with Crippen molar-refractivity contribution in [1.82, 2.24) is 25.8 Å². The molecule has 1 amide bonds. The van der Waals surface area contributed by atoms with Gasteiger partial charge in [-0.2, -0.15) is 0 Å². The van der Waals surface area contributed by atoms with Crippen LogP contribution in [0.5, 0.6) is 0 Å². The third-order valence-corrected chi connectivity index (χ3v) is 4.66. The average Bonchev–Trinajstić information content (AvgIpc) is 2.73. The largest absolute Gasteiger partial charge is 0.379 e. The summed E-state index contributed by atoms with van der Waals surface area (Å²) in [5.74, 6) is 1.26. The molecule has 0 radical (unpaired) electrons. The molecule has 1 saturated heterocycles. The van der Waals surface area contributed by atoms with Gasteiger partial charge in [0.1, 0.15) is 0 Å². The molecule has 156 valence electrons. The zero-order chi connectivity index (χ0) is 20.2. The van der Waals surface area contributed by atoms with Gasteiger partial charge >= 0.3 is 0 Å². The van der Waals surface area contributed by atoms with Crippen LogP contribution in [0, 0.1) is 5.92 Å². The Morgan fingerprint density at radius 1 is 1.25 bits per heavy atom. The highest BCUT2D eigenvalue weighted by atomic mass is 16.5. The molecule has 28 heavy (non-hydrogen) atoms. The number of nitrogens with zero attached hydrogens (tertiary/aromatic N) is 3. The normalized spacial score (nSPS) is 16.6. The van der Waals surface area contributed by atoms with Gasteiger partial charge in [0.15, 0.2) is 5.96 Å². The third kappa shape index (κ3) is 7.82. The number of amides is 1. The van der Waals surface area contributed by atoms with E-state index in [9.17, 15) is 4.79 Å². The number of rotatable bonds is 9. The molecule has 0 saturated carbocycles. The first kappa shape index (κ1) is 22.1. The number of pyridine rings is 1. The summed E-state index contributed by atoms with van der Waals surface area (Å²) in [5, 5.41) is 9.55. The van der Waals surface area contributed by atoms with Crippen LogP contribution in [0.25, 0.3) is 0 Å². The van der Waals surface area contributed by atoms with Crippen molar-refractivity contribution in [2.45, 2.75) is 26.3 Å². The quantitative estimate of drug-likeness (QED) is 0.327. The number of carbonyl (C=O) groups excluding carboxylic acids is 1. The zero-order valence-corrected chi connectivity index (χ0v) is 17.3. The minimum absolute atomic E-state index is 0.123. The molecule has 0 aromatic carbocycles. The van der Waals surface area contributed by atoms with Crippen molar-refractivity contribution in [2.75, 3.05) is 53.0 Å². The van der Waals surface area contributed by atoms with E-state index in [2.05, 4.69) is 44.7 Å². The van der Waals surface area contributed by atoms with Crippen LogP contribution >= 0.6 is 0 Å². The van der Waals surface area contributed by atoms with Crippen LogP contribution in [0.2, 0.25) is 0 Å². The fourth-order valence-electron chi connectivity index (χ4n) is 3.24. The molecule has 1 aromatic rings. The van der Waals surface area contributed by atoms with Crippen LogP contribution in [0.4, 0.5) is 0 Å². The SMILES string of the molecule is CN=C(NCCNC(=O)c1cccnc1)NCC(CC(C)C)N1CCOCC1. The van der Waals surface area contributed by atoms with E-state index in [-0.39, 0.29) is 5.91 Å². The van der Waals surface area contributed by atoms with Gasteiger partial charge in [-0.05, 0) is 24.5 Å². The number of aliphatic imine (C=N–C) groups is 1. The van der Waals surface area contributed by atoms with Gasteiger partial charge in [0.2, 0.25) is 0 Å². The molecule has 0 spiro atoms. The maximum absolute atomic E-state index is 12.0. The maximum atomic E-state index is 12.0. The number of hydrogen-bond donors (Lipinski definition) is 3. The molecule has 1 fully saturated rings. The molecule has 1 aromatic heterocycles. The number of carbonyl (C=O) groups is 1. The van der Waals surface area contributed by atoms with Gasteiger partial charge in [-0.3, -0.25) is 19.7 Å². The smallest absolute Gasteiger partial charge is 0.252 e. The lowest BCUT2D eigenvalue weighted by molar-refractivity contribution is 0.0132. The highest BCUT2D eigenvalue weighted by Gasteiger charge is 2.22. The predicted molar refractivity (Wildman–Crippen MR) is 112 cm³/mol. The second-order valence-electron chi connectivity index (χ2n) is 7.31. The van der Waals surface area contributed by atoms with E-state index >= 15 is 0 Å². The summed E-state index contributed by atoms with van der Waals surface area (Å²) in [7, 11) is 1.76. The van der Waals surface area contributed by atoms with E-state index in [0.717, 1.165) is 45.2 Å². The zero-order valence-electron chi connectivity index (χ0n) is 17.3. The Bertz CT molecular complexity index is 602. The van der Waals surface area contributed by atoms with E-state index in [4.69, 9.17) is 4.74 Å². The van der Waals surface area contributed by atoms with Gasteiger partial charge in [0.25, 0.3) is 5.91 Å². The first-order valence-electron chi connectivity index (χ1n) is 10.0. The molecule has 8 heteroatoms. The topological polar surface area (TPSA) is 90.9 Å². The first-order valence-corrected chi connectivity index (χ1v) is 10.0. The summed E-state index contributed by atoms with van der Waals surface area (Å²) in [6.45, 7) is 10.0. The summed E-state index contributed by atoms with van der Waals surface area (Å²) in [4.78, 5) is 22.8. The van der Waals surface area contributed by atoms with Crippen molar-refractivity contribution in [3.8, 4) is 0 Å². The Balaban J connectivity index is 1.72. The molecule has 0 aliphatic carbocycles. The highest BCUT2D eigenvalue weighted by molar-refractivity contribution is 5.93. The minimum Gasteiger partial charge on any atom is -0.379 e. The van der Waals surface area contributed by atoms with Crippen LogP contribution in [-0.2, 0) is 4.74 Å². The lowest BCUT2D eigenvalue weighted by Crippen LogP contribution is -2.51. The van der Waals surface area contributed by atoms with Crippen molar-refractivity contribution >= 4 is 11.9 Å². The van der Waals surface area contributed by atoms with Crippen LogP contribution in [0.3, 0.4) is 0 Å². The van der Waals surface area contributed by atoms with E-state index in [0.29, 0.717) is 30.6 Å². The molecule has 3 N–H and O–H groups in total. The summed E-state index contributed by atoms with van der Waals surface area (Å²) in [6.07, 6.45) is 4.34. The first-order chi connectivity index (χ1) is 13.6. The summed E-state index contributed by atoms with van der Waals surface area (Å²) >= 11 is 0. The molecular formula is C20H34N6O2. The van der Waals surface area contributed by atoms with Crippen LogP contribution in [0.15, 0.2) is 29.5 Å². The molecule has 0 bridgehead atoms. The standard InChI is InChI=1S/C20H34N6O2/c1-16(2)13-18(26-9-11-28-12-10-26)15-25-20(21-3)24-8-7-23-19(27)17-5-4-6-22-14-17/h4-6,14,16,18H,7-13,15H2,1-3H3,(H,23,27)(H2,21,24,25). The summed E-state index contributed by atoms with van der Waals surface area (Å²) in [6, 6.07) is 3.95. The second kappa shape index (κ2) is 12.3. The lowest BCUT2D eigenvalue weighted by Gasteiger charge is -2.35. The van der Waals surface area contributed by atoms with E-state index in [1.165, 1.54) is 0 Å². The molecule has 2 rings (SSSR count). The Kier molecular flexibility index (Phi) is 9.71. The molecular weight excluding hydrogens is 356 g/mol. The molecule has 1 unspecified atom stereocenters. The van der Waals surface area contributed by atoms with Gasteiger partial charge in [0.05, 0.1) is 18.8 Å². The second-order valence-corrected chi connectivity index (χ2v) is 7.31. The van der Waals surface area contributed by atoms with Gasteiger partial charge in [-0.15, -0.1) is 0 Å². The Hall–Kier alpha value is -2.19. The van der Waals surface area contributed by atoms with E-state index < -0.39 is 0 Å². The number of morpholine rings is 1. The Labute approximate surface area is 168 Å². The van der Waals surface area contributed by atoms with Crippen molar-refractivity contribution in [1.29, 1.82) is 0 Å². The monoisotopic (exact) mass is 390 g/mol. The average molecular weight is 391 g/mol. The maximum Gasteiger partial charge on any atom is 0.252 e. The predicted octanol–water partition coefficient (Wildman–Crippen LogP) is 0.723. The molecule has 1 aliphatic rings.